The number of anilines is 1. The monoisotopic (exact) mass is 195 g/mol. The van der Waals surface area contributed by atoms with E-state index < -0.39 is 17.3 Å². The molecule has 1 aromatic rings. The molecule has 0 aliphatic heterocycles. The average molecular weight is 195 g/mol. The third kappa shape index (κ3) is 1.43. The molecule has 74 valence electrons. The highest BCUT2D eigenvalue weighted by Crippen LogP contribution is 2.39. The van der Waals surface area contributed by atoms with Crippen molar-refractivity contribution in [1.29, 1.82) is 0 Å². The fraction of sp³-hybridized carbons (Fsp3) is 0.300. The summed E-state index contributed by atoms with van der Waals surface area (Å²) in [5.41, 5.74) is -0.672. The summed E-state index contributed by atoms with van der Waals surface area (Å²) >= 11 is 0. The zero-order chi connectivity index (χ0) is 10.2. The Morgan fingerprint density at radius 3 is 2.57 bits per heavy atom. The van der Waals surface area contributed by atoms with Gasteiger partial charge < -0.3 is 10.4 Å². The van der Waals surface area contributed by atoms with Gasteiger partial charge in [-0.2, -0.15) is 0 Å². The van der Waals surface area contributed by atoms with Crippen LogP contribution in [0.2, 0.25) is 0 Å². The molecule has 2 rings (SSSR count). The van der Waals surface area contributed by atoms with Gasteiger partial charge in [-0.25, -0.2) is 9.18 Å². The third-order valence-electron chi connectivity index (χ3n) is 2.41. The van der Waals surface area contributed by atoms with Crippen molar-refractivity contribution in [2.24, 2.45) is 0 Å². The van der Waals surface area contributed by atoms with E-state index in [1.165, 1.54) is 6.07 Å². The average Bonchev–Trinajstić information content (AvgIpc) is 2.90. The Bertz CT molecular complexity index is 374. The highest BCUT2D eigenvalue weighted by Gasteiger charge is 2.50. The van der Waals surface area contributed by atoms with Gasteiger partial charge in [-0.1, -0.05) is 12.1 Å². The van der Waals surface area contributed by atoms with Crippen molar-refractivity contribution >= 4 is 11.7 Å². The van der Waals surface area contributed by atoms with Gasteiger partial charge in [-0.3, -0.25) is 0 Å². The number of carboxylic acid groups (broad SMARTS) is 1. The number of hydrogen-bond donors (Lipinski definition) is 2. The van der Waals surface area contributed by atoms with E-state index in [2.05, 4.69) is 5.32 Å². The van der Waals surface area contributed by atoms with Crippen molar-refractivity contribution in [2.75, 3.05) is 5.32 Å². The van der Waals surface area contributed by atoms with Gasteiger partial charge in [0.25, 0.3) is 0 Å². The molecule has 2 N–H and O–H groups in total. The summed E-state index contributed by atoms with van der Waals surface area (Å²) < 4.78 is 13.2. The molecule has 0 bridgehead atoms. The predicted molar refractivity (Wildman–Crippen MR) is 49.6 cm³/mol. The van der Waals surface area contributed by atoms with Crippen LogP contribution in [0.4, 0.5) is 10.1 Å². The molecule has 0 aromatic heterocycles. The summed E-state index contributed by atoms with van der Waals surface area (Å²) in [5, 5.41) is 11.6. The molecule has 3 nitrogen and oxygen atoms in total. The van der Waals surface area contributed by atoms with Crippen LogP contribution in [0, 0.1) is 5.82 Å². The summed E-state index contributed by atoms with van der Waals surface area (Å²) in [6, 6.07) is 6.09. The van der Waals surface area contributed by atoms with E-state index >= 15 is 0 Å². The van der Waals surface area contributed by atoms with Gasteiger partial charge in [0, 0.05) is 0 Å². The number of carboxylic acids is 1. The van der Waals surface area contributed by atoms with Crippen LogP contribution in [0.1, 0.15) is 12.8 Å². The lowest BCUT2D eigenvalue weighted by Crippen LogP contribution is -2.31. The van der Waals surface area contributed by atoms with Gasteiger partial charge >= 0.3 is 5.97 Å². The quantitative estimate of drug-likeness (QED) is 0.773. The van der Waals surface area contributed by atoms with Gasteiger partial charge in [-0.15, -0.1) is 0 Å². The first-order valence-electron chi connectivity index (χ1n) is 4.40. The maximum absolute atomic E-state index is 13.2. The van der Waals surface area contributed by atoms with E-state index in [0.717, 1.165) is 0 Å². The molecule has 1 fully saturated rings. The maximum atomic E-state index is 13.2. The second kappa shape index (κ2) is 2.97. The van der Waals surface area contributed by atoms with Gasteiger partial charge in [0.1, 0.15) is 11.4 Å². The molecular weight excluding hydrogens is 185 g/mol. The molecule has 0 spiro atoms. The zero-order valence-electron chi connectivity index (χ0n) is 7.46. The Morgan fingerprint density at radius 2 is 2.07 bits per heavy atom. The summed E-state index contributed by atoms with van der Waals surface area (Å²) in [7, 11) is 0. The van der Waals surface area contributed by atoms with Crippen molar-refractivity contribution in [1.82, 2.24) is 0 Å². The second-order valence-electron chi connectivity index (χ2n) is 3.49. The van der Waals surface area contributed by atoms with Crippen molar-refractivity contribution in [3.8, 4) is 0 Å². The Labute approximate surface area is 80.6 Å². The van der Waals surface area contributed by atoms with Crippen LogP contribution in [0.3, 0.4) is 0 Å². The van der Waals surface area contributed by atoms with Crippen LogP contribution in [-0.4, -0.2) is 16.6 Å². The largest absolute Gasteiger partial charge is 0.480 e. The predicted octanol–water partition coefficient (Wildman–Crippen LogP) is 1.85. The molecule has 0 atom stereocenters. The highest BCUT2D eigenvalue weighted by molar-refractivity contribution is 5.86. The maximum Gasteiger partial charge on any atom is 0.329 e. The van der Waals surface area contributed by atoms with E-state index in [1.54, 1.807) is 18.2 Å². The molecule has 0 unspecified atom stereocenters. The first-order valence-corrected chi connectivity index (χ1v) is 4.40. The van der Waals surface area contributed by atoms with Crippen LogP contribution in [-0.2, 0) is 4.79 Å². The van der Waals surface area contributed by atoms with E-state index in [0.29, 0.717) is 12.8 Å². The molecule has 0 amide bonds. The molecule has 0 radical (unpaired) electrons. The minimum atomic E-state index is -0.928. The minimum absolute atomic E-state index is 0.257. The summed E-state index contributed by atoms with van der Waals surface area (Å²) in [6.45, 7) is 0. The first kappa shape index (κ1) is 8.99. The summed E-state index contributed by atoms with van der Waals surface area (Å²) in [5.74, 6) is -1.33. The van der Waals surface area contributed by atoms with E-state index in [1.807, 2.05) is 0 Å². The summed E-state index contributed by atoms with van der Waals surface area (Å²) in [6.07, 6.45) is 1.10. The Balaban J connectivity index is 2.19. The van der Waals surface area contributed by atoms with Crippen LogP contribution in [0.5, 0.6) is 0 Å². The van der Waals surface area contributed by atoms with Crippen molar-refractivity contribution < 1.29 is 14.3 Å². The van der Waals surface area contributed by atoms with Crippen LogP contribution >= 0.6 is 0 Å². The molecule has 0 saturated heterocycles. The molecule has 1 aliphatic carbocycles. The van der Waals surface area contributed by atoms with E-state index in [4.69, 9.17) is 5.11 Å². The minimum Gasteiger partial charge on any atom is -0.480 e. The topological polar surface area (TPSA) is 49.3 Å². The Kier molecular flexibility index (Phi) is 1.91. The first-order chi connectivity index (χ1) is 6.64. The number of hydrogen-bond acceptors (Lipinski definition) is 2. The lowest BCUT2D eigenvalue weighted by Gasteiger charge is -2.14. The number of carbonyl (C=O) groups is 1. The number of aliphatic carboxylic acids is 1. The molecule has 1 aliphatic rings. The van der Waals surface area contributed by atoms with Crippen LogP contribution < -0.4 is 5.32 Å². The van der Waals surface area contributed by atoms with E-state index in [9.17, 15) is 9.18 Å². The molecule has 0 heterocycles. The molecular formula is C10H10FNO2. The van der Waals surface area contributed by atoms with Gasteiger partial charge in [0.2, 0.25) is 0 Å². The Hall–Kier alpha value is -1.58. The molecule has 1 aromatic carbocycles. The Morgan fingerprint density at radius 1 is 1.43 bits per heavy atom. The van der Waals surface area contributed by atoms with Gasteiger partial charge in [0.05, 0.1) is 5.69 Å². The standard InChI is InChI=1S/C10H10FNO2/c11-7-3-1-2-4-8(7)12-10(5-6-10)9(13)14/h1-4,12H,5-6H2,(H,13,14). The molecule has 4 heteroatoms. The summed E-state index contributed by atoms with van der Waals surface area (Å²) in [4.78, 5) is 10.8. The smallest absolute Gasteiger partial charge is 0.329 e. The number of rotatable bonds is 3. The zero-order valence-corrected chi connectivity index (χ0v) is 7.46. The highest BCUT2D eigenvalue weighted by atomic mass is 19.1. The number of nitrogens with one attached hydrogen (secondary N) is 1. The molecule has 1 saturated carbocycles. The number of halogens is 1. The number of benzene rings is 1. The van der Waals surface area contributed by atoms with Crippen molar-refractivity contribution in [3.63, 3.8) is 0 Å². The van der Waals surface area contributed by atoms with Gasteiger partial charge in [0.15, 0.2) is 0 Å². The third-order valence-corrected chi connectivity index (χ3v) is 2.41. The lowest BCUT2D eigenvalue weighted by atomic mass is 10.2. The van der Waals surface area contributed by atoms with Crippen LogP contribution in [0.15, 0.2) is 24.3 Å². The SMILES string of the molecule is O=C(O)C1(Nc2ccccc2F)CC1. The van der Waals surface area contributed by atoms with E-state index in [-0.39, 0.29) is 5.69 Å². The van der Waals surface area contributed by atoms with Crippen molar-refractivity contribution in [2.45, 2.75) is 18.4 Å². The fourth-order valence-electron chi connectivity index (χ4n) is 1.34. The second-order valence-corrected chi connectivity index (χ2v) is 3.49. The number of para-hydroxylation sites is 1. The molecule has 14 heavy (non-hydrogen) atoms. The normalized spacial score (nSPS) is 17.5. The fourth-order valence-corrected chi connectivity index (χ4v) is 1.34. The lowest BCUT2D eigenvalue weighted by molar-refractivity contribution is -0.138. The van der Waals surface area contributed by atoms with Gasteiger partial charge in [-0.05, 0) is 25.0 Å². The van der Waals surface area contributed by atoms with Crippen molar-refractivity contribution in [3.05, 3.63) is 30.1 Å². The van der Waals surface area contributed by atoms with Crippen LogP contribution in [0.25, 0.3) is 0 Å².